The van der Waals surface area contributed by atoms with E-state index in [0.717, 1.165) is 24.9 Å². The lowest BCUT2D eigenvalue weighted by atomic mass is 9.86. The zero-order valence-corrected chi connectivity index (χ0v) is 19.0. The molecule has 1 fully saturated rings. The van der Waals surface area contributed by atoms with Crippen LogP contribution in [0.2, 0.25) is 0 Å². The second kappa shape index (κ2) is 9.53. The van der Waals surface area contributed by atoms with Gasteiger partial charge in [0.25, 0.3) is 11.8 Å². The fourth-order valence-corrected chi connectivity index (χ4v) is 4.82. The second-order valence-electron chi connectivity index (χ2n) is 8.86. The Balaban J connectivity index is 1.50. The molecule has 3 unspecified atom stereocenters. The number of nitrogens with zero attached hydrogens (tertiary/aromatic N) is 2. The van der Waals surface area contributed by atoms with Crippen LogP contribution in [-0.4, -0.2) is 54.3 Å². The fraction of sp³-hybridized carbons (Fsp3) is 0.333. The number of aryl methyl sites for hydroxylation is 1. The lowest BCUT2D eigenvalue weighted by Crippen LogP contribution is -2.47. The highest BCUT2D eigenvalue weighted by atomic mass is 16.2. The van der Waals surface area contributed by atoms with Gasteiger partial charge < -0.3 is 15.1 Å². The molecule has 166 valence electrons. The third-order valence-corrected chi connectivity index (χ3v) is 6.55. The minimum atomic E-state index is -0.147. The molecule has 5 nitrogen and oxygen atoms in total. The monoisotopic (exact) mass is 429 g/mol. The molecule has 2 aromatic rings. The minimum absolute atomic E-state index is 0.0381. The van der Waals surface area contributed by atoms with Crippen molar-refractivity contribution in [2.75, 3.05) is 26.0 Å². The molecule has 1 saturated heterocycles. The van der Waals surface area contributed by atoms with Crippen molar-refractivity contribution in [2.24, 2.45) is 5.92 Å². The molecule has 0 bridgehead atoms. The van der Waals surface area contributed by atoms with E-state index in [9.17, 15) is 9.59 Å². The number of hydrogen-bond acceptors (Lipinski definition) is 3. The molecule has 0 spiro atoms. The topological polar surface area (TPSA) is 52.7 Å². The predicted octanol–water partition coefficient (Wildman–Crippen LogP) is 4.52. The summed E-state index contributed by atoms with van der Waals surface area (Å²) < 4.78 is 0. The van der Waals surface area contributed by atoms with Crippen molar-refractivity contribution >= 4 is 17.5 Å². The summed E-state index contributed by atoms with van der Waals surface area (Å²) in [6, 6.07) is 15.2. The SMILES string of the molecule is Cc1ccccc1C(=O)Nc1ccc(C(=O)N2CCCC(N(C)C)C3C=CC=CC32)cc1. The van der Waals surface area contributed by atoms with Gasteiger partial charge in [0.1, 0.15) is 0 Å². The Morgan fingerprint density at radius 2 is 1.72 bits per heavy atom. The summed E-state index contributed by atoms with van der Waals surface area (Å²) in [5.74, 6) is 0.177. The van der Waals surface area contributed by atoms with Crippen LogP contribution in [0, 0.1) is 12.8 Å². The first-order chi connectivity index (χ1) is 15.5. The Bertz CT molecular complexity index is 1040. The van der Waals surface area contributed by atoms with Crippen molar-refractivity contribution in [3.63, 3.8) is 0 Å². The summed E-state index contributed by atoms with van der Waals surface area (Å²) in [5.41, 5.74) is 2.90. The molecule has 2 aromatic carbocycles. The highest BCUT2D eigenvalue weighted by Gasteiger charge is 2.37. The molecule has 0 radical (unpaired) electrons. The van der Waals surface area contributed by atoms with Gasteiger partial charge in [0.2, 0.25) is 0 Å². The smallest absolute Gasteiger partial charge is 0.255 e. The van der Waals surface area contributed by atoms with E-state index in [1.54, 1.807) is 12.1 Å². The molecule has 2 aliphatic rings. The molecule has 5 heteroatoms. The average molecular weight is 430 g/mol. The van der Waals surface area contributed by atoms with Gasteiger partial charge in [-0.25, -0.2) is 0 Å². The maximum absolute atomic E-state index is 13.5. The normalized spacial score (nSPS) is 22.4. The molecule has 3 atom stereocenters. The second-order valence-corrected chi connectivity index (χ2v) is 8.86. The summed E-state index contributed by atoms with van der Waals surface area (Å²) in [6.45, 7) is 2.66. The molecule has 2 amide bonds. The first kappa shape index (κ1) is 22.0. The van der Waals surface area contributed by atoms with Gasteiger partial charge in [-0.15, -0.1) is 0 Å². The number of likely N-dealkylation sites (tertiary alicyclic amines) is 1. The first-order valence-corrected chi connectivity index (χ1v) is 11.2. The number of carbonyl (C=O) groups excluding carboxylic acids is 2. The quantitative estimate of drug-likeness (QED) is 0.777. The van der Waals surface area contributed by atoms with Crippen LogP contribution in [0.1, 0.15) is 39.1 Å². The summed E-state index contributed by atoms with van der Waals surface area (Å²) in [4.78, 5) is 30.3. The number of nitrogens with one attached hydrogen (secondary N) is 1. The van der Waals surface area contributed by atoms with Crippen molar-refractivity contribution in [2.45, 2.75) is 31.8 Å². The first-order valence-electron chi connectivity index (χ1n) is 11.2. The fourth-order valence-electron chi connectivity index (χ4n) is 4.82. The number of anilines is 1. The third-order valence-electron chi connectivity index (χ3n) is 6.55. The standard InChI is InChI=1S/C27H31N3O2/c1-19-9-4-5-10-22(19)26(31)28-21-16-14-20(15-17-21)27(32)30-18-8-13-24(29(2)3)23-11-6-7-12-25(23)30/h4-7,9-12,14-17,23-25H,8,13,18H2,1-3H3,(H,28,31). The number of fused-ring (bicyclic) bond motifs is 1. The summed E-state index contributed by atoms with van der Waals surface area (Å²) in [7, 11) is 4.24. The van der Waals surface area contributed by atoms with Crippen LogP contribution in [0.25, 0.3) is 0 Å². The van der Waals surface area contributed by atoms with Gasteiger partial charge in [-0.05, 0) is 69.8 Å². The molecule has 0 aromatic heterocycles. The molecule has 1 N–H and O–H groups in total. The number of hydrogen-bond donors (Lipinski definition) is 1. The molecule has 1 heterocycles. The van der Waals surface area contributed by atoms with Gasteiger partial charge in [0, 0.05) is 35.3 Å². The minimum Gasteiger partial charge on any atom is -0.332 e. The van der Waals surface area contributed by atoms with E-state index in [0.29, 0.717) is 22.9 Å². The number of benzene rings is 2. The summed E-state index contributed by atoms with van der Waals surface area (Å²) >= 11 is 0. The van der Waals surface area contributed by atoms with Gasteiger partial charge in [0.05, 0.1) is 6.04 Å². The van der Waals surface area contributed by atoms with Gasteiger partial charge in [-0.1, -0.05) is 42.5 Å². The number of rotatable bonds is 4. The largest absolute Gasteiger partial charge is 0.332 e. The number of allylic oxidation sites excluding steroid dienone is 2. The van der Waals surface area contributed by atoms with E-state index in [-0.39, 0.29) is 23.8 Å². The Kier molecular flexibility index (Phi) is 6.56. The molecule has 0 saturated carbocycles. The number of amides is 2. The zero-order valence-electron chi connectivity index (χ0n) is 19.0. The van der Waals surface area contributed by atoms with E-state index in [1.165, 1.54) is 0 Å². The lowest BCUT2D eigenvalue weighted by molar-refractivity contribution is 0.0676. The van der Waals surface area contributed by atoms with Crippen LogP contribution < -0.4 is 5.32 Å². The van der Waals surface area contributed by atoms with Gasteiger partial charge in [-0.2, -0.15) is 0 Å². The van der Waals surface area contributed by atoms with E-state index in [4.69, 9.17) is 0 Å². The van der Waals surface area contributed by atoms with Gasteiger partial charge in [0.15, 0.2) is 0 Å². The Morgan fingerprint density at radius 1 is 1.00 bits per heavy atom. The molecule has 1 aliphatic heterocycles. The van der Waals surface area contributed by atoms with Crippen LogP contribution in [0.4, 0.5) is 5.69 Å². The van der Waals surface area contributed by atoms with Gasteiger partial charge in [-0.3, -0.25) is 9.59 Å². The molecule has 32 heavy (non-hydrogen) atoms. The van der Waals surface area contributed by atoms with E-state index in [2.05, 4.69) is 42.5 Å². The van der Waals surface area contributed by atoms with Crippen molar-refractivity contribution < 1.29 is 9.59 Å². The highest BCUT2D eigenvalue weighted by Crippen LogP contribution is 2.31. The molecule has 4 rings (SSSR count). The van der Waals surface area contributed by atoms with Crippen LogP contribution in [0.3, 0.4) is 0 Å². The van der Waals surface area contributed by atoms with Crippen LogP contribution >= 0.6 is 0 Å². The van der Waals surface area contributed by atoms with Crippen molar-refractivity contribution in [3.8, 4) is 0 Å². The highest BCUT2D eigenvalue weighted by molar-refractivity contribution is 6.05. The summed E-state index contributed by atoms with van der Waals surface area (Å²) in [5, 5.41) is 2.93. The average Bonchev–Trinajstić information content (AvgIpc) is 2.99. The summed E-state index contributed by atoms with van der Waals surface area (Å²) in [6.07, 6.45) is 10.6. The number of carbonyl (C=O) groups is 2. The predicted molar refractivity (Wildman–Crippen MR) is 129 cm³/mol. The Labute approximate surface area is 190 Å². The van der Waals surface area contributed by atoms with Crippen LogP contribution in [-0.2, 0) is 0 Å². The maximum atomic E-state index is 13.5. The van der Waals surface area contributed by atoms with Crippen molar-refractivity contribution in [3.05, 3.63) is 89.5 Å². The van der Waals surface area contributed by atoms with Crippen molar-refractivity contribution in [1.29, 1.82) is 0 Å². The van der Waals surface area contributed by atoms with Gasteiger partial charge >= 0.3 is 0 Å². The zero-order chi connectivity index (χ0) is 22.7. The van der Waals surface area contributed by atoms with E-state index < -0.39 is 0 Å². The Hall–Kier alpha value is -3.18. The van der Waals surface area contributed by atoms with E-state index in [1.807, 2.05) is 54.3 Å². The molecular weight excluding hydrogens is 398 g/mol. The van der Waals surface area contributed by atoms with Crippen LogP contribution in [0.15, 0.2) is 72.8 Å². The Morgan fingerprint density at radius 3 is 2.44 bits per heavy atom. The van der Waals surface area contributed by atoms with E-state index >= 15 is 0 Å². The lowest BCUT2D eigenvalue weighted by Gasteiger charge is -2.38. The molecular formula is C27H31N3O2. The van der Waals surface area contributed by atoms with Crippen LogP contribution in [0.5, 0.6) is 0 Å². The van der Waals surface area contributed by atoms with Crippen molar-refractivity contribution in [1.82, 2.24) is 9.80 Å². The third kappa shape index (κ3) is 4.53. The molecule has 1 aliphatic carbocycles. The maximum Gasteiger partial charge on any atom is 0.255 e.